The molecule has 11 nitrogen and oxygen atoms in total. The fourth-order valence-corrected chi connectivity index (χ4v) is 5.85. The highest BCUT2D eigenvalue weighted by Gasteiger charge is 2.24. The van der Waals surface area contributed by atoms with Crippen LogP contribution in [-0.4, -0.2) is 65.2 Å². The molecule has 2 N–H and O–H groups in total. The Balaban J connectivity index is 1.73. The number of likely N-dealkylation sites (tertiary alicyclic amines) is 1. The number of H-pyrrole nitrogens is 1. The van der Waals surface area contributed by atoms with E-state index in [0.29, 0.717) is 43.5 Å². The average Bonchev–Trinajstić information content (AvgIpc) is 3.50. The lowest BCUT2D eigenvalue weighted by Gasteiger charge is -2.19. The van der Waals surface area contributed by atoms with E-state index in [2.05, 4.69) is 26.6 Å². The van der Waals surface area contributed by atoms with Crippen molar-refractivity contribution < 1.29 is 13.2 Å². The zero-order valence-electron chi connectivity index (χ0n) is 21.9. The largest absolute Gasteiger partial charge is 0.493 e. The summed E-state index contributed by atoms with van der Waals surface area (Å²) in [6.07, 6.45) is 4.37. The first-order valence-electron chi connectivity index (χ1n) is 12.8. The summed E-state index contributed by atoms with van der Waals surface area (Å²) in [6, 6.07) is 4.99. The smallest absolute Gasteiger partial charge is 0.332 e. The lowest BCUT2D eigenvalue weighted by Crippen LogP contribution is -2.38. The molecule has 0 bridgehead atoms. The van der Waals surface area contributed by atoms with E-state index < -0.39 is 21.3 Å². The van der Waals surface area contributed by atoms with Crippen molar-refractivity contribution in [2.75, 3.05) is 26.7 Å². The Morgan fingerprint density at radius 3 is 2.65 bits per heavy atom. The van der Waals surface area contributed by atoms with Crippen molar-refractivity contribution in [2.24, 2.45) is 7.05 Å². The summed E-state index contributed by atoms with van der Waals surface area (Å²) in [6.45, 7) is 6.09. The van der Waals surface area contributed by atoms with Gasteiger partial charge in [-0.25, -0.2) is 22.9 Å². The van der Waals surface area contributed by atoms with E-state index in [4.69, 9.17) is 4.74 Å². The van der Waals surface area contributed by atoms with E-state index in [0.717, 1.165) is 36.8 Å². The van der Waals surface area contributed by atoms with Crippen molar-refractivity contribution in [3.05, 3.63) is 39.0 Å². The second-order valence-electron chi connectivity index (χ2n) is 9.55. The minimum absolute atomic E-state index is 0.0745. The van der Waals surface area contributed by atoms with Crippen LogP contribution in [0.15, 0.2) is 32.7 Å². The van der Waals surface area contributed by atoms with Gasteiger partial charge < -0.3 is 14.6 Å². The normalized spacial score (nSPS) is 16.6. The molecule has 1 aliphatic heterocycles. The predicted molar refractivity (Wildman–Crippen MR) is 143 cm³/mol. The van der Waals surface area contributed by atoms with Gasteiger partial charge in [0, 0.05) is 26.2 Å². The molecule has 4 rings (SSSR count). The Kier molecular flexibility index (Phi) is 8.20. The molecule has 12 heteroatoms. The molecule has 1 aliphatic rings. The monoisotopic (exact) mass is 532 g/mol. The Labute approximate surface area is 216 Å². The number of benzene rings is 1. The molecular formula is C25H36N6O5S. The lowest BCUT2D eigenvalue weighted by molar-refractivity contribution is 0.297. The molecule has 0 amide bonds. The number of aromatic nitrogens is 4. The van der Waals surface area contributed by atoms with Crippen LogP contribution >= 0.6 is 0 Å². The van der Waals surface area contributed by atoms with Crippen LogP contribution in [0.4, 0.5) is 0 Å². The number of fused-ring (bicyclic) bond motifs is 1. The molecule has 3 heterocycles. The van der Waals surface area contributed by atoms with Crippen molar-refractivity contribution in [2.45, 2.75) is 63.4 Å². The second kappa shape index (κ2) is 11.2. The van der Waals surface area contributed by atoms with E-state index >= 15 is 0 Å². The van der Waals surface area contributed by atoms with Gasteiger partial charge in [0.1, 0.15) is 17.1 Å². The number of aryl methyl sites for hydroxylation is 1. The summed E-state index contributed by atoms with van der Waals surface area (Å²) in [7, 11) is -0.303. The van der Waals surface area contributed by atoms with Gasteiger partial charge in [-0.2, -0.15) is 0 Å². The Bertz CT molecular complexity index is 1490. The topological polar surface area (TPSA) is 131 Å². The highest BCUT2D eigenvalue weighted by Crippen LogP contribution is 2.32. The van der Waals surface area contributed by atoms with Gasteiger partial charge in [0.25, 0.3) is 5.56 Å². The summed E-state index contributed by atoms with van der Waals surface area (Å²) in [5, 5.41) is 0. The van der Waals surface area contributed by atoms with Crippen LogP contribution in [0.1, 0.15) is 46.0 Å². The molecule has 2 aromatic heterocycles. The quantitative estimate of drug-likeness (QED) is 0.386. The van der Waals surface area contributed by atoms with Crippen LogP contribution in [0, 0.1) is 0 Å². The van der Waals surface area contributed by atoms with E-state index in [9.17, 15) is 18.0 Å². The highest BCUT2D eigenvalue weighted by atomic mass is 32.2. The van der Waals surface area contributed by atoms with Crippen LogP contribution in [-0.2, 0) is 23.6 Å². The average molecular weight is 533 g/mol. The van der Waals surface area contributed by atoms with Gasteiger partial charge in [0.05, 0.1) is 17.1 Å². The third kappa shape index (κ3) is 5.51. The zero-order chi connectivity index (χ0) is 26.7. The van der Waals surface area contributed by atoms with Gasteiger partial charge >= 0.3 is 5.69 Å². The fraction of sp³-hybridized carbons (Fsp3) is 0.560. The summed E-state index contributed by atoms with van der Waals surface area (Å²) in [4.78, 5) is 35.5. The van der Waals surface area contributed by atoms with Crippen LogP contribution in [0.3, 0.4) is 0 Å². The van der Waals surface area contributed by atoms with Gasteiger partial charge in [-0.05, 0) is 63.9 Å². The van der Waals surface area contributed by atoms with Gasteiger partial charge in [-0.15, -0.1) is 0 Å². The maximum absolute atomic E-state index is 13.2. The molecule has 3 aromatic rings. The van der Waals surface area contributed by atoms with E-state index in [-0.39, 0.29) is 21.9 Å². The van der Waals surface area contributed by atoms with Crippen molar-refractivity contribution in [1.82, 2.24) is 28.7 Å². The standard InChI is InChI=1S/C25H36N6O5S/c1-5-13-31-23-21(24(32)30(4)25(31)33)27-22(28-23)19-16-18(9-10-20(19)36-15-6-2)37(34,35)26-12-11-17-8-7-14-29(17)3/h9-10,16-17,26H,5-8,11-15H2,1-4H3,(H,27,28). The maximum atomic E-state index is 13.2. The van der Waals surface area contributed by atoms with E-state index in [1.54, 1.807) is 6.07 Å². The summed E-state index contributed by atoms with van der Waals surface area (Å²) < 4.78 is 37.4. The lowest BCUT2D eigenvalue weighted by atomic mass is 10.1. The number of rotatable bonds is 11. The van der Waals surface area contributed by atoms with Crippen molar-refractivity contribution >= 4 is 21.2 Å². The Morgan fingerprint density at radius 2 is 1.97 bits per heavy atom. The fourth-order valence-electron chi connectivity index (χ4n) is 4.77. The number of imidazole rings is 1. The number of sulfonamides is 1. The van der Waals surface area contributed by atoms with Crippen molar-refractivity contribution in [1.29, 1.82) is 0 Å². The third-order valence-electron chi connectivity index (χ3n) is 6.84. The van der Waals surface area contributed by atoms with Gasteiger partial charge in [0.2, 0.25) is 10.0 Å². The van der Waals surface area contributed by atoms with Crippen LogP contribution in [0.2, 0.25) is 0 Å². The molecule has 1 fully saturated rings. The molecule has 37 heavy (non-hydrogen) atoms. The highest BCUT2D eigenvalue weighted by molar-refractivity contribution is 7.89. The van der Waals surface area contributed by atoms with Gasteiger partial charge in [-0.3, -0.25) is 13.9 Å². The van der Waals surface area contributed by atoms with Crippen molar-refractivity contribution in [3.8, 4) is 17.1 Å². The summed E-state index contributed by atoms with van der Waals surface area (Å²) in [5.41, 5.74) is -0.129. The molecule has 0 aliphatic carbocycles. The minimum Gasteiger partial charge on any atom is -0.493 e. The van der Waals surface area contributed by atoms with Gasteiger partial charge in [0.15, 0.2) is 5.65 Å². The minimum atomic E-state index is -3.79. The third-order valence-corrected chi connectivity index (χ3v) is 8.30. The maximum Gasteiger partial charge on any atom is 0.332 e. The zero-order valence-corrected chi connectivity index (χ0v) is 22.7. The first-order chi connectivity index (χ1) is 17.7. The number of aromatic amines is 1. The Morgan fingerprint density at radius 1 is 1.19 bits per heavy atom. The van der Waals surface area contributed by atoms with E-state index in [1.807, 2.05) is 13.8 Å². The molecular weight excluding hydrogens is 496 g/mol. The number of nitrogens with zero attached hydrogens (tertiary/aromatic N) is 4. The number of hydrogen-bond acceptors (Lipinski definition) is 7. The molecule has 0 saturated carbocycles. The molecule has 202 valence electrons. The molecule has 1 atom stereocenters. The van der Waals surface area contributed by atoms with Crippen LogP contribution < -0.4 is 20.7 Å². The molecule has 0 radical (unpaired) electrons. The molecule has 1 unspecified atom stereocenters. The molecule has 0 spiro atoms. The molecule has 1 saturated heterocycles. The van der Waals surface area contributed by atoms with Crippen LogP contribution in [0.25, 0.3) is 22.6 Å². The van der Waals surface area contributed by atoms with Gasteiger partial charge in [-0.1, -0.05) is 13.8 Å². The predicted octanol–water partition coefficient (Wildman–Crippen LogP) is 2.05. The van der Waals surface area contributed by atoms with E-state index in [1.165, 1.54) is 23.7 Å². The summed E-state index contributed by atoms with van der Waals surface area (Å²) in [5.74, 6) is 0.701. The second-order valence-corrected chi connectivity index (χ2v) is 11.3. The Hall–Kier alpha value is -2.96. The molecule has 1 aromatic carbocycles. The number of hydrogen-bond donors (Lipinski definition) is 2. The first kappa shape index (κ1) is 27.1. The van der Waals surface area contributed by atoms with Crippen LogP contribution in [0.5, 0.6) is 5.75 Å². The first-order valence-corrected chi connectivity index (χ1v) is 14.3. The number of nitrogens with one attached hydrogen (secondary N) is 2. The number of ether oxygens (including phenoxy) is 1. The SMILES string of the molecule is CCCOc1ccc(S(=O)(=O)NCCC2CCCN2C)cc1-c1nc2c([nH]1)c(=O)n(C)c(=O)n2CCC. The summed E-state index contributed by atoms with van der Waals surface area (Å²) >= 11 is 0. The van der Waals surface area contributed by atoms with Crippen molar-refractivity contribution in [3.63, 3.8) is 0 Å².